The van der Waals surface area contributed by atoms with E-state index in [9.17, 15) is 4.79 Å². The molecule has 0 spiro atoms. The quantitative estimate of drug-likeness (QED) is 0.817. The van der Waals surface area contributed by atoms with Crippen molar-refractivity contribution in [3.05, 3.63) is 53.6 Å². The van der Waals surface area contributed by atoms with Gasteiger partial charge in [-0.2, -0.15) is 0 Å². The van der Waals surface area contributed by atoms with Crippen LogP contribution in [-0.4, -0.2) is 12.7 Å². The molecule has 1 N–H and O–H groups in total. The molecule has 2 aromatic carbocycles. The van der Waals surface area contributed by atoms with Gasteiger partial charge in [0.05, 0.1) is 0 Å². The van der Waals surface area contributed by atoms with Crippen LogP contribution in [0.4, 0.5) is 5.69 Å². The summed E-state index contributed by atoms with van der Waals surface area (Å²) in [7, 11) is 0. The van der Waals surface area contributed by atoms with E-state index in [1.165, 1.54) is 6.92 Å². The zero-order valence-electron chi connectivity index (χ0n) is 11.5. The van der Waals surface area contributed by atoms with E-state index < -0.39 is 0 Å². The highest BCUT2D eigenvalue weighted by molar-refractivity contribution is 5.88. The third-order valence-corrected chi connectivity index (χ3v) is 2.93. The van der Waals surface area contributed by atoms with Gasteiger partial charge in [0.25, 0.3) is 0 Å². The molecule has 0 radical (unpaired) electrons. The van der Waals surface area contributed by atoms with E-state index in [-0.39, 0.29) is 12.7 Å². The summed E-state index contributed by atoms with van der Waals surface area (Å²) in [6, 6.07) is 13.0. The van der Waals surface area contributed by atoms with E-state index in [4.69, 9.17) is 9.47 Å². The molecule has 2 aromatic rings. The second-order valence-electron chi connectivity index (χ2n) is 4.58. The number of hydrogen-bond acceptors (Lipinski definition) is 3. The maximum atomic E-state index is 10.9. The van der Waals surface area contributed by atoms with Gasteiger partial charge >= 0.3 is 0 Å². The summed E-state index contributed by atoms with van der Waals surface area (Å²) in [4.78, 5) is 10.9. The Bertz CT molecular complexity index is 739. The molecule has 0 aromatic heterocycles. The van der Waals surface area contributed by atoms with Crippen LogP contribution in [0.25, 0.3) is 0 Å². The summed E-state index contributed by atoms with van der Waals surface area (Å²) in [6.07, 6.45) is 0. The first-order valence-electron chi connectivity index (χ1n) is 6.50. The standard InChI is InChI=1S/C17H13NO3/c1-12(19)18-15-7-4-13(5-8-15)2-3-14-6-9-16-17(10-14)21-11-20-16/h4-10H,11H2,1H3,(H,18,19). The van der Waals surface area contributed by atoms with Gasteiger partial charge in [0, 0.05) is 23.7 Å². The Morgan fingerprint density at radius 2 is 1.67 bits per heavy atom. The molecule has 0 aliphatic carbocycles. The predicted molar refractivity (Wildman–Crippen MR) is 79.3 cm³/mol. The van der Waals surface area contributed by atoms with Gasteiger partial charge in [-0.25, -0.2) is 0 Å². The van der Waals surface area contributed by atoms with Crippen LogP contribution in [0.2, 0.25) is 0 Å². The SMILES string of the molecule is CC(=O)Nc1ccc(C#Cc2ccc3c(c2)OCO3)cc1. The number of amides is 1. The summed E-state index contributed by atoms with van der Waals surface area (Å²) in [5.74, 6) is 7.54. The summed E-state index contributed by atoms with van der Waals surface area (Å²) in [5.41, 5.74) is 2.50. The van der Waals surface area contributed by atoms with E-state index >= 15 is 0 Å². The summed E-state index contributed by atoms with van der Waals surface area (Å²) >= 11 is 0. The Morgan fingerprint density at radius 1 is 1.00 bits per heavy atom. The summed E-state index contributed by atoms with van der Waals surface area (Å²) in [5, 5.41) is 2.72. The van der Waals surface area contributed by atoms with Gasteiger partial charge in [-0.05, 0) is 42.5 Å². The number of carbonyl (C=O) groups excluding carboxylic acids is 1. The van der Waals surface area contributed by atoms with Gasteiger partial charge < -0.3 is 14.8 Å². The number of fused-ring (bicyclic) bond motifs is 1. The first kappa shape index (κ1) is 13.1. The van der Waals surface area contributed by atoms with Crippen LogP contribution in [-0.2, 0) is 4.79 Å². The molecule has 4 nitrogen and oxygen atoms in total. The van der Waals surface area contributed by atoms with Gasteiger partial charge in [0.15, 0.2) is 11.5 Å². The number of ether oxygens (including phenoxy) is 2. The molecule has 21 heavy (non-hydrogen) atoms. The topological polar surface area (TPSA) is 47.6 Å². The Hall–Kier alpha value is -2.93. The normalized spacial score (nSPS) is 11.5. The molecule has 0 unspecified atom stereocenters. The van der Waals surface area contributed by atoms with E-state index in [2.05, 4.69) is 17.2 Å². The van der Waals surface area contributed by atoms with E-state index in [0.717, 1.165) is 28.3 Å². The van der Waals surface area contributed by atoms with Gasteiger partial charge in [0.1, 0.15) is 0 Å². The van der Waals surface area contributed by atoms with Gasteiger partial charge in [-0.1, -0.05) is 11.8 Å². The van der Waals surface area contributed by atoms with Crippen LogP contribution in [0.15, 0.2) is 42.5 Å². The first-order valence-corrected chi connectivity index (χ1v) is 6.50. The predicted octanol–water partition coefficient (Wildman–Crippen LogP) is 2.77. The molecule has 104 valence electrons. The van der Waals surface area contributed by atoms with Crippen molar-refractivity contribution in [1.29, 1.82) is 0 Å². The van der Waals surface area contributed by atoms with Crippen LogP contribution >= 0.6 is 0 Å². The fourth-order valence-electron chi connectivity index (χ4n) is 1.96. The average molecular weight is 279 g/mol. The molecule has 0 saturated carbocycles. The number of benzene rings is 2. The second kappa shape index (κ2) is 5.59. The monoisotopic (exact) mass is 279 g/mol. The number of hydrogen-bond donors (Lipinski definition) is 1. The van der Waals surface area contributed by atoms with E-state index in [1.54, 1.807) is 0 Å². The highest BCUT2D eigenvalue weighted by Crippen LogP contribution is 2.32. The molecule has 1 amide bonds. The van der Waals surface area contributed by atoms with Crippen molar-refractivity contribution in [2.24, 2.45) is 0 Å². The van der Waals surface area contributed by atoms with Crippen LogP contribution < -0.4 is 14.8 Å². The van der Waals surface area contributed by atoms with Crippen LogP contribution in [0.3, 0.4) is 0 Å². The smallest absolute Gasteiger partial charge is 0.231 e. The number of carbonyl (C=O) groups is 1. The molecule has 0 atom stereocenters. The molecular formula is C17H13NO3. The molecule has 0 saturated heterocycles. The molecule has 0 bridgehead atoms. The molecule has 1 heterocycles. The van der Waals surface area contributed by atoms with Crippen molar-refractivity contribution >= 4 is 11.6 Å². The van der Waals surface area contributed by atoms with Crippen molar-refractivity contribution in [2.45, 2.75) is 6.92 Å². The minimum absolute atomic E-state index is 0.0887. The third-order valence-electron chi connectivity index (χ3n) is 2.93. The van der Waals surface area contributed by atoms with Gasteiger partial charge in [-0.3, -0.25) is 4.79 Å². The van der Waals surface area contributed by atoms with Crippen LogP contribution in [0, 0.1) is 11.8 Å². The lowest BCUT2D eigenvalue weighted by Gasteiger charge is -2.00. The fraction of sp³-hybridized carbons (Fsp3) is 0.118. The molecule has 3 rings (SSSR count). The molecule has 1 aliphatic rings. The lowest BCUT2D eigenvalue weighted by Crippen LogP contribution is -2.05. The summed E-state index contributed by atoms with van der Waals surface area (Å²) < 4.78 is 10.6. The highest BCUT2D eigenvalue weighted by Gasteiger charge is 2.12. The fourth-order valence-corrected chi connectivity index (χ4v) is 1.96. The largest absolute Gasteiger partial charge is 0.454 e. The Labute approximate surface area is 122 Å². The van der Waals surface area contributed by atoms with E-state index in [1.807, 2.05) is 42.5 Å². The van der Waals surface area contributed by atoms with Crippen molar-refractivity contribution in [2.75, 3.05) is 12.1 Å². The average Bonchev–Trinajstić information content (AvgIpc) is 2.93. The number of nitrogens with one attached hydrogen (secondary N) is 1. The minimum Gasteiger partial charge on any atom is -0.454 e. The van der Waals surface area contributed by atoms with Gasteiger partial charge in [0.2, 0.25) is 12.7 Å². The molecule has 0 fully saturated rings. The lowest BCUT2D eigenvalue weighted by molar-refractivity contribution is -0.114. The molecule has 4 heteroatoms. The van der Waals surface area contributed by atoms with Crippen molar-refractivity contribution in [3.8, 4) is 23.3 Å². The van der Waals surface area contributed by atoms with E-state index in [0.29, 0.717) is 0 Å². The Kier molecular flexibility index (Phi) is 3.48. The minimum atomic E-state index is -0.0887. The number of anilines is 1. The highest BCUT2D eigenvalue weighted by atomic mass is 16.7. The molecular weight excluding hydrogens is 266 g/mol. The third kappa shape index (κ3) is 3.15. The zero-order chi connectivity index (χ0) is 14.7. The Morgan fingerprint density at radius 3 is 2.43 bits per heavy atom. The van der Waals surface area contributed by atoms with Crippen LogP contribution in [0.5, 0.6) is 11.5 Å². The number of rotatable bonds is 1. The van der Waals surface area contributed by atoms with Crippen molar-refractivity contribution in [3.63, 3.8) is 0 Å². The van der Waals surface area contributed by atoms with Gasteiger partial charge in [-0.15, -0.1) is 0 Å². The van der Waals surface area contributed by atoms with Crippen LogP contribution in [0.1, 0.15) is 18.1 Å². The maximum absolute atomic E-state index is 10.9. The molecule has 1 aliphatic heterocycles. The maximum Gasteiger partial charge on any atom is 0.231 e. The van der Waals surface area contributed by atoms with Crippen molar-refractivity contribution in [1.82, 2.24) is 0 Å². The zero-order valence-corrected chi connectivity index (χ0v) is 11.5. The van der Waals surface area contributed by atoms with Crippen molar-refractivity contribution < 1.29 is 14.3 Å². The summed E-state index contributed by atoms with van der Waals surface area (Å²) in [6.45, 7) is 1.74. The first-order chi connectivity index (χ1) is 10.2. The lowest BCUT2D eigenvalue weighted by atomic mass is 10.1. The Balaban J connectivity index is 1.76. The second-order valence-corrected chi connectivity index (χ2v) is 4.58.